The molecule has 1 aliphatic heterocycles. The van der Waals surface area contributed by atoms with Crippen LogP contribution in [0.5, 0.6) is 5.75 Å². The van der Waals surface area contributed by atoms with Crippen molar-refractivity contribution in [3.05, 3.63) is 40.2 Å². The van der Waals surface area contributed by atoms with Crippen molar-refractivity contribution in [1.82, 2.24) is 10.3 Å². The highest BCUT2D eigenvalue weighted by Crippen LogP contribution is 2.45. The van der Waals surface area contributed by atoms with Crippen LogP contribution in [0.1, 0.15) is 18.5 Å². The molecule has 2 aromatic rings. The van der Waals surface area contributed by atoms with Gasteiger partial charge < -0.3 is 15.5 Å². The fourth-order valence-electron chi connectivity index (χ4n) is 2.55. The van der Waals surface area contributed by atoms with Crippen molar-refractivity contribution in [1.29, 1.82) is 0 Å². The van der Waals surface area contributed by atoms with E-state index in [1.807, 2.05) is 17.5 Å². The minimum atomic E-state index is -0.195. The van der Waals surface area contributed by atoms with Gasteiger partial charge in [-0.1, -0.05) is 12.1 Å². The minimum absolute atomic E-state index is 0.0771. The normalized spacial score (nSPS) is 21.3. The number of phenols is 1. The molecule has 0 radical (unpaired) electrons. The van der Waals surface area contributed by atoms with Gasteiger partial charge in [0.25, 0.3) is 5.91 Å². The second-order valence-electron chi connectivity index (χ2n) is 6.44. The molecular weight excluding hydrogens is 370 g/mol. The molecule has 0 bridgehead atoms. The molecule has 8 heteroatoms. The lowest BCUT2D eigenvalue weighted by atomic mass is 10.1. The molecule has 1 saturated carbocycles. The van der Waals surface area contributed by atoms with Crippen molar-refractivity contribution in [3.8, 4) is 16.3 Å². The third-order valence-electron chi connectivity index (χ3n) is 4.44. The van der Waals surface area contributed by atoms with E-state index in [1.165, 1.54) is 23.1 Å². The number of phenolic OH excluding ortho intramolecular Hbond substituents is 1. The van der Waals surface area contributed by atoms with E-state index in [4.69, 9.17) is 0 Å². The number of rotatable bonds is 5. The van der Waals surface area contributed by atoms with Gasteiger partial charge in [-0.2, -0.15) is 0 Å². The van der Waals surface area contributed by atoms with Crippen LogP contribution in [0.3, 0.4) is 0 Å². The largest absolute Gasteiger partial charge is 0.507 e. The van der Waals surface area contributed by atoms with Crippen LogP contribution >= 0.6 is 23.1 Å². The third-order valence-corrected chi connectivity index (χ3v) is 6.28. The van der Waals surface area contributed by atoms with E-state index in [2.05, 4.69) is 15.3 Å². The van der Waals surface area contributed by atoms with Gasteiger partial charge in [-0.05, 0) is 42.8 Å². The quantitative estimate of drug-likeness (QED) is 0.686. The second kappa shape index (κ2) is 6.86. The van der Waals surface area contributed by atoms with Gasteiger partial charge in [0.05, 0.1) is 22.8 Å². The Hall–Kier alpha value is -2.16. The Balaban J connectivity index is 1.49. The lowest BCUT2D eigenvalue weighted by molar-refractivity contribution is -0.115. The Labute approximate surface area is 158 Å². The second-order valence-corrected chi connectivity index (χ2v) is 8.33. The monoisotopic (exact) mass is 387 g/mol. The number of benzene rings is 1. The summed E-state index contributed by atoms with van der Waals surface area (Å²) in [6.07, 6.45) is 3.69. The van der Waals surface area contributed by atoms with Gasteiger partial charge in [-0.3, -0.25) is 9.79 Å². The molecule has 134 valence electrons. The summed E-state index contributed by atoms with van der Waals surface area (Å²) in [5.41, 5.74) is 1.26. The van der Waals surface area contributed by atoms with Crippen molar-refractivity contribution < 1.29 is 15.0 Å². The molecule has 3 N–H and O–H groups in total. The number of aliphatic imine (C=N–C) groups is 1. The average molecular weight is 387 g/mol. The number of aliphatic hydroxyl groups is 1. The summed E-state index contributed by atoms with van der Waals surface area (Å²) in [7, 11) is 0. The number of aliphatic hydroxyl groups excluding tert-OH is 1. The first-order valence-electron chi connectivity index (χ1n) is 8.19. The first-order chi connectivity index (χ1) is 12.6. The molecule has 1 saturated heterocycles. The number of amides is 1. The van der Waals surface area contributed by atoms with E-state index in [1.54, 1.807) is 18.2 Å². The first-order valence-corrected chi connectivity index (χ1v) is 9.88. The van der Waals surface area contributed by atoms with Crippen LogP contribution < -0.4 is 5.32 Å². The zero-order valence-electron chi connectivity index (χ0n) is 13.8. The summed E-state index contributed by atoms with van der Waals surface area (Å²) in [6.45, 7) is 0.673. The number of hydrogen-bond acceptors (Lipinski definition) is 7. The number of nitrogens with one attached hydrogen (secondary N) is 1. The molecule has 2 fully saturated rings. The molecule has 4 rings (SSSR count). The molecule has 0 atom stereocenters. The van der Waals surface area contributed by atoms with Crippen LogP contribution in [0.2, 0.25) is 0 Å². The average Bonchev–Trinajstić information content (AvgIpc) is 3.14. The molecule has 6 nitrogen and oxygen atoms in total. The Kier molecular flexibility index (Phi) is 4.56. The predicted octanol–water partition coefficient (Wildman–Crippen LogP) is 2.85. The standard InChI is InChI=1S/C18H17N3O3S2/c22-10-18(5-6-18)9-19-17-21-15(24)14(26-17)7-11-8-25-16(20-11)12-3-1-2-4-13(12)23/h1-4,7-8,22-23H,5-6,9-10H2,(H,19,21,24)/b14-7+. The molecule has 1 amide bonds. The molecular formula is C18H17N3O3S2. The molecule has 1 aromatic carbocycles. The number of carbonyl (C=O) groups excluding carboxylic acids is 1. The Morgan fingerprint density at radius 3 is 2.88 bits per heavy atom. The van der Waals surface area contributed by atoms with Gasteiger partial charge in [0, 0.05) is 17.3 Å². The molecule has 0 spiro atoms. The predicted molar refractivity (Wildman–Crippen MR) is 104 cm³/mol. The van der Waals surface area contributed by atoms with Crippen LogP contribution in [-0.4, -0.2) is 39.4 Å². The molecule has 26 heavy (non-hydrogen) atoms. The van der Waals surface area contributed by atoms with Crippen molar-refractivity contribution >= 4 is 40.2 Å². The van der Waals surface area contributed by atoms with E-state index in [-0.39, 0.29) is 23.7 Å². The number of aromatic nitrogens is 1. The molecule has 0 unspecified atom stereocenters. The van der Waals surface area contributed by atoms with Crippen LogP contribution in [0, 0.1) is 5.41 Å². The highest BCUT2D eigenvalue weighted by atomic mass is 32.2. The SMILES string of the molecule is O=C1NC(=NCC2(CO)CC2)S/C1=C/c1csc(-c2ccccc2O)n1. The van der Waals surface area contributed by atoms with Crippen molar-refractivity contribution in [2.45, 2.75) is 12.8 Å². The van der Waals surface area contributed by atoms with Crippen molar-refractivity contribution in [2.24, 2.45) is 10.4 Å². The van der Waals surface area contributed by atoms with Crippen molar-refractivity contribution in [3.63, 3.8) is 0 Å². The van der Waals surface area contributed by atoms with E-state index in [0.717, 1.165) is 12.8 Å². The van der Waals surface area contributed by atoms with Crippen LogP contribution in [0.4, 0.5) is 0 Å². The fraction of sp³-hybridized carbons (Fsp3) is 0.278. The number of aromatic hydroxyl groups is 1. The lowest BCUT2D eigenvalue weighted by Crippen LogP contribution is -2.21. The zero-order chi connectivity index (χ0) is 18.1. The molecule has 2 heterocycles. The Bertz CT molecular complexity index is 916. The van der Waals surface area contributed by atoms with E-state index in [9.17, 15) is 15.0 Å². The maximum atomic E-state index is 12.1. The topological polar surface area (TPSA) is 94.8 Å². The first kappa shape index (κ1) is 17.3. The number of nitrogens with zero attached hydrogens (tertiary/aromatic N) is 2. The zero-order valence-corrected chi connectivity index (χ0v) is 15.4. The number of para-hydroxylation sites is 1. The van der Waals surface area contributed by atoms with Gasteiger partial charge in [0.2, 0.25) is 0 Å². The summed E-state index contributed by atoms with van der Waals surface area (Å²) in [4.78, 5) is 21.6. The molecule has 1 aromatic heterocycles. The minimum Gasteiger partial charge on any atom is -0.507 e. The highest BCUT2D eigenvalue weighted by Gasteiger charge is 2.42. The molecule has 1 aliphatic carbocycles. The number of thiazole rings is 1. The van der Waals surface area contributed by atoms with Gasteiger partial charge >= 0.3 is 0 Å². The Morgan fingerprint density at radius 1 is 1.35 bits per heavy atom. The van der Waals surface area contributed by atoms with E-state index in [0.29, 0.717) is 32.9 Å². The van der Waals surface area contributed by atoms with Crippen LogP contribution in [0.15, 0.2) is 39.5 Å². The maximum Gasteiger partial charge on any atom is 0.264 e. The highest BCUT2D eigenvalue weighted by molar-refractivity contribution is 8.18. The molecule has 2 aliphatic rings. The van der Waals surface area contributed by atoms with E-state index >= 15 is 0 Å². The summed E-state index contributed by atoms with van der Waals surface area (Å²) in [6, 6.07) is 7.04. The lowest BCUT2D eigenvalue weighted by Gasteiger charge is -2.06. The number of amidine groups is 1. The Morgan fingerprint density at radius 2 is 2.15 bits per heavy atom. The van der Waals surface area contributed by atoms with Crippen LogP contribution in [0.25, 0.3) is 16.6 Å². The maximum absolute atomic E-state index is 12.1. The van der Waals surface area contributed by atoms with Gasteiger partial charge in [0.1, 0.15) is 10.8 Å². The van der Waals surface area contributed by atoms with Gasteiger partial charge in [-0.15, -0.1) is 11.3 Å². The summed E-state index contributed by atoms with van der Waals surface area (Å²) >= 11 is 2.70. The summed E-state index contributed by atoms with van der Waals surface area (Å²) < 4.78 is 0. The van der Waals surface area contributed by atoms with Crippen LogP contribution in [-0.2, 0) is 4.79 Å². The number of hydrogen-bond donors (Lipinski definition) is 3. The third kappa shape index (κ3) is 3.53. The van der Waals surface area contributed by atoms with Gasteiger partial charge in [-0.25, -0.2) is 4.98 Å². The van der Waals surface area contributed by atoms with Crippen molar-refractivity contribution in [2.75, 3.05) is 13.2 Å². The number of carbonyl (C=O) groups is 1. The van der Waals surface area contributed by atoms with E-state index < -0.39 is 0 Å². The summed E-state index contributed by atoms with van der Waals surface area (Å²) in [5.74, 6) is -0.0129. The van der Waals surface area contributed by atoms with Gasteiger partial charge in [0.15, 0.2) is 5.17 Å². The fourth-order valence-corrected chi connectivity index (χ4v) is 4.16. The smallest absolute Gasteiger partial charge is 0.264 e. The summed E-state index contributed by atoms with van der Waals surface area (Å²) in [5, 5.41) is 25.2. The number of thioether (sulfide) groups is 1.